The number of hydrogen-bond acceptors (Lipinski definition) is 2. The van der Waals surface area contributed by atoms with E-state index in [0.29, 0.717) is 22.0 Å². The van der Waals surface area contributed by atoms with Crippen molar-refractivity contribution in [2.45, 2.75) is 50.0 Å². The minimum Gasteiger partial charge on any atom is -0.505 e. The highest BCUT2D eigenvalue weighted by atomic mass is 35.5. The average Bonchev–Trinajstić information content (AvgIpc) is 2.44. The average molecular weight is 312 g/mol. The van der Waals surface area contributed by atoms with Crippen molar-refractivity contribution in [1.29, 1.82) is 0 Å². The van der Waals surface area contributed by atoms with Crippen molar-refractivity contribution in [1.82, 2.24) is 5.32 Å². The molecule has 1 saturated carbocycles. The molecule has 3 atom stereocenters. The fourth-order valence-corrected chi connectivity index (χ4v) is 5.72. The van der Waals surface area contributed by atoms with E-state index in [1.54, 1.807) is 0 Å². The Hall–Kier alpha value is -0.440. The third-order valence-corrected chi connectivity index (χ3v) is 6.43. The van der Waals surface area contributed by atoms with Crippen molar-refractivity contribution in [3.63, 3.8) is 0 Å². The van der Waals surface area contributed by atoms with Gasteiger partial charge in [0.05, 0.1) is 10.0 Å². The zero-order chi connectivity index (χ0) is 13.9. The second-order valence-electron chi connectivity index (χ2n) is 6.58. The Bertz CT molecular complexity index is 570. The molecule has 0 spiro atoms. The Morgan fingerprint density at radius 3 is 2.95 bits per heavy atom. The fraction of sp³-hybridized carbons (Fsp3) is 0.625. The number of aromatic hydroxyl groups is 1. The molecule has 0 aromatic heterocycles. The van der Waals surface area contributed by atoms with Gasteiger partial charge in [0.1, 0.15) is 0 Å². The minimum atomic E-state index is 0.0720. The zero-order valence-electron chi connectivity index (χ0n) is 11.4. The number of phenolic OH excluding ortho intramolecular Hbond substituents is 1. The first kappa shape index (κ1) is 13.2. The van der Waals surface area contributed by atoms with Crippen molar-refractivity contribution < 1.29 is 5.11 Å². The summed E-state index contributed by atoms with van der Waals surface area (Å²) in [5.74, 6) is 0.735. The second-order valence-corrected chi connectivity index (χ2v) is 7.36. The van der Waals surface area contributed by atoms with Crippen molar-refractivity contribution in [3.8, 4) is 5.75 Å². The lowest BCUT2D eigenvalue weighted by Crippen LogP contribution is -2.59. The lowest BCUT2D eigenvalue weighted by atomic mass is 9.53. The van der Waals surface area contributed by atoms with Crippen LogP contribution in [0.3, 0.4) is 0 Å². The van der Waals surface area contributed by atoms with Gasteiger partial charge in [0.25, 0.3) is 0 Å². The summed E-state index contributed by atoms with van der Waals surface area (Å²) in [7, 11) is 0. The maximum Gasteiger partial charge on any atom is 0.153 e. The third kappa shape index (κ3) is 1.62. The minimum absolute atomic E-state index is 0.0720. The van der Waals surface area contributed by atoms with E-state index in [1.807, 2.05) is 6.07 Å². The number of phenols is 1. The Morgan fingerprint density at radius 2 is 2.10 bits per heavy atom. The van der Waals surface area contributed by atoms with Crippen LogP contribution in [0, 0.1) is 5.92 Å². The van der Waals surface area contributed by atoms with Gasteiger partial charge in [0.15, 0.2) is 5.75 Å². The summed E-state index contributed by atoms with van der Waals surface area (Å²) < 4.78 is 0. The Labute approximate surface area is 129 Å². The van der Waals surface area contributed by atoms with Gasteiger partial charge in [-0.25, -0.2) is 0 Å². The molecular weight excluding hydrogens is 293 g/mol. The molecule has 1 aliphatic heterocycles. The van der Waals surface area contributed by atoms with Crippen molar-refractivity contribution >= 4 is 23.2 Å². The lowest BCUT2D eigenvalue weighted by Gasteiger charge is -2.56. The Kier molecular flexibility index (Phi) is 3.00. The summed E-state index contributed by atoms with van der Waals surface area (Å²) in [4.78, 5) is 0. The Balaban J connectivity index is 1.97. The van der Waals surface area contributed by atoms with Crippen LogP contribution in [-0.4, -0.2) is 17.7 Å². The van der Waals surface area contributed by atoms with Gasteiger partial charge in [0, 0.05) is 11.5 Å². The normalized spacial score (nSPS) is 35.3. The van der Waals surface area contributed by atoms with E-state index in [9.17, 15) is 5.11 Å². The van der Waals surface area contributed by atoms with E-state index >= 15 is 0 Å². The first-order valence-corrected chi connectivity index (χ1v) is 8.33. The molecule has 3 aliphatic rings. The molecule has 2 fully saturated rings. The van der Waals surface area contributed by atoms with E-state index in [4.69, 9.17) is 23.2 Å². The molecule has 4 heteroatoms. The van der Waals surface area contributed by atoms with Gasteiger partial charge in [-0.15, -0.1) is 0 Å². The maximum absolute atomic E-state index is 10.2. The number of nitrogens with one attached hydrogen (secondary N) is 1. The SMILES string of the molecule is Oc1c(Cl)cc2c(c1Cl)[C@]13CCCC[C@@H]1[C@H](C2)NCC3. The standard InChI is InChI=1S/C16H19Cl2NO/c17-11-7-9-8-12-10-3-1-2-4-16(10,5-6-19-12)13(9)14(18)15(11)20/h7,10,12,19-20H,1-6,8H2/t10-,12+,16+/m1/s1. The molecule has 0 amide bonds. The third-order valence-electron chi connectivity index (χ3n) is 5.77. The summed E-state index contributed by atoms with van der Waals surface area (Å²) >= 11 is 12.6. The van der Waals surface area contributed by atoms with Crippen LogP contribution >= 0.6 is 23.2 Å². The van der Waals surface area contributed by atoms with Crippen LogP contribution in [0.2, 0.25) is 10.0 Å². The van der Waals surface area contributed by atoms with Crippen molar-refractivity contribution in [3.05, 3.63) is 27.2 Å². The highest BCUT2D eigenvalue weighted by Gasteiger charge is 2.52. The van der Waals surface area contributed by atoms with Gasteiger partial charge < -0.3 is 10.4 Å². The summed E-state index contributed by atoms with van der Waals surface area (Å²) in [5.41, 5.74) is 2.62. The van der Waals surface area contributed by atoms with E-state index in [0.717, 1.165) is 19.4 Å². The van der Waals surface area contributed by atoms with Crippen LogP contribution in [0.4, 0.5) is 0 Å². The molecular formula is C16H19Cl2NO. The van der Waals surface area contributed by atoms with Gasteiger partial charge in [-0.1, -0.05) is 36.0 Å². The summed E-state index contributed by atoms with van der Waals surface area (Å²) in [6.45, 7) is 1.06. The van der Waals surface area contributed by atoms with E-state index < -0.39 is 0 Å². The molecule has 2 bridgehead atoms. The molecule has 1 aromatic carbocycles. The smallest absolute Gasteiger partial charge is 0.153 e. The highest BCUT2D eigenvalue weighted by Crippen LogP contribution is 2.57. The number of hydrogen-bond donors (Lipinski definition) is 2. The Morgan fingerprint density at radius 1 is 1.25 bits per heavy atom. The van der Waals surface area contributed by atoms with Gasteiger partial charge in [0.2, 0.25) is 0 Å². The first-order chi connectivity index (χ1) is 9.63. The second kappa shape index (κ2) is 4.53. The number of fused-ring (bicyclic) bond motifs is 1. The van der Waals surface area contributed by atoms with Gasteiger partial charge in [-0.2, -0.15) is 0 Å². The number of piperidine rings is 1. The van der Waals surface area contributed by atoms with E-state index in [1.165, 1.54) is 36.8 Å². The van der Waals surface area contributed by atoms with Crippen LogP contribution in [0.1, 0.15) is 43.2 Å². The predicted octanol–water partition coefficient (Wildman–Crippen LogP) is 4.05. The molecule has 2 aliphatic carbocycles. The largest absolute Gasteiger partial charge is 0.505 e. The lowest BCUT2D eigenvalue weighted by molar-refractivity contribution is 0.0796. The van der Waals surface area contributed by atoms with Crippen LogP contribution in [-0.2, 0) is 11.8 Å². The highest BCUT2D eigenvalue weighted by molar-refractivity contribution is 6.37. The van der Waals surface area contributed by atoms with Crippen molar-refractivity contribution in [2.24, 2.45) is 5.92 Å². The molecule has 1 aromatic rings. The molecule has 1 heterocycles. The molecule has 0 unspecified atom stereocenters. The molecule has 0 radical (unpaired) electrons. The quantitative estimate of drug-likeness (QED) is 0.757. The first-order valence-electron chi connectivity index (χ1n) is 7.57. The van der Waals surface area contributed by atoms with Crippen LogP contribution in [0.25, 0.3) is 0 Å². The molecule has 108 valence electrons. The summed E-state index contributed by atoms with van der Waals surface area (Å²) in [6.07, 6.45) is 7.17. The summed E-state index contributed by atoms with van der Waals surface area (Å²) in [6, 6.07) is 2.48. The van der Waals surface area contributed by atoms with Gasteiger partial charge in [-0.3, -0.25) is 0 Å². The molecule has 2 N–H and O–H groups in total. The predicted molar refractivity (Wildman–Crippen MR) is 81.9 cm³/mol. The number of rotatable bonds is 0. The van der Waals surface area contributed by atoms with Crippen LogP contribution in [0.5, 0.6) is 5.75 Å². The maximum atomic E-state index is 10.2. The number of halogens is 2. The number of benzene rings is 1. The van der Waals surface area contributed by atoms with E-state index in [2.05, 4.69) is 5.32 Å². The van der Waals surface area contributed by atoms with Gasteiger partial charge in [-0.05, 0) is 55.3 Å². The molecule has 1 saturated heterocycles. The van der Waals surface area contributed by atoms with E-state index in [-0.39, 0.29) is 11.2 Å². The molecule has 2 nitrogen and oxygen atoms in total. The zero-order valence-corrected chi connectivity index (χ0v) is 12.9. The molecule has 4 rings (SSSR count). The topological polar surface area (TPSA) is 32.3 Å². The van der Waals surface area contributed by atoms with Crippen LogP contribution in [0.15, 0.2) is 6.07 Å². The summed E-state index contributed by atoms with van der Waals surface area (Å²) in [5, 5.41) is 14.8. The van der Waals surface area contributed by atoms with Crippen molar-refractivity contribution in [2.75, 3.05) is 6.54 Å². The van der Waals surface area contributed by atoms with Crippen LogP contribution < -0.4 is 5.32 Å². The monoisotopic (exact) mass is 311 g/mol. The molecule has 20 heavy (non-hydrogen) atoms. The van der Waals surface area contributed by atoms with Gasteiger partial charge >= 0.3 is 0 Å². The fourth-order valence-electron chi connectivity index (χ4n) is 5.03.